The Bertz CT molecular complexity index is 2010. The Morgan fingerprint density at radius 1 is 0.433 bits per heavy atom. The summed E-state index contributed by atoms with van der Waals surface area (Å²) in [6, 6.07) is 32.8. The van der Waals surface area contributed by atoms with Gasteiger partial charge in [-0.2, -0.15) is 0 Å². The number of pyridine rings is 4. The third-order valence-electron chi connectivity index (χ3n) is 8.14. The predicted octanol–water partition coefficient (Wildman–Crippen LogP) is 14.4. The van der Waals surface area contributed by atoms with Gasteiger partial charge in [0.15, 0.2) is 0 Å². The van der Waals surface area contributed by atoms with Gasteiger partial charge in [-0.15, -0.1) is 0 Å². The molecule has 326 valence electrons. The van der Waals surface area contributed by atoms with E-state index in [0.717, 1.165) is 69.8 Å². The van der Waals surface area contributed by atoms with Gasteiger partial charge >= 0.3 is 24.3 Å². The second kappa shape index (κ2) is 27.9. The fourth-order valence-corrected chi connectivity index (χ4v) is 6.80. The van der Waals surface area contributed by atoms with Gasteiger partial charge in [0.25, 0.3) is 0 Å². The topological polar surface area (TPSA) is 70.0 Å². The Kier molecular flexibility index (Phi) is 25.3. The largest absolute Gasteiger partial charge is 1.00 e. The summed E-state index contributed by atoms with van der Waals surface area (Å²) >= 11 is 6.65. The number of nitrogens with zero attached hydrogens (tertiary/aromatic N) is 4. The third kappa shape index (κ3) is 19.7. The minimum atomic E-state index is -6.00. The van der Waals surface area contributed by atoms with Crippen molar-refractivity contribution >= 4 is 39.1 Å². The second-order valence-electron chi connectivity index (χ2n) is 13.1. The minimum Gasteiger partial charge on any atom is -0.418 e. The number of hydrogen-bond donors (Lipinski definition) is 0. The van der Waals surface area contributed by atoms with Gasteiger partial charge < -0.3 is 26.7 Å². The van der Waals surface area contributed by atoms with Crippen LogP contribution in [0.15, 0.2) is 106 Å². The Morgan fingerprint density at radius 3 is 0.900 bits per heavy atom. The Labute approximate surface area is 381 Å². The van der Waals surface area contributed by atoms with Crippen molar-refractivity contribution in [2.75, 3.05) is 26.4 Å². The summed E-state index contributed by atoms with van der Waals surface area (Å²) in [6.07, 6.45) is 0. The number of halogens is 6. The van der Waals surface area contributed by atoms with E-state index in [-0.39, 0.29) is 17.1 Å². The van der Waals surface area contributed by atoms with Gasteiger partial charge in [0.05, 0.1) is 34.2 Å². The van der Waals surface area contributed by atoms with Crippen LogP contribution in [0.5, 0.6) is 0 Å². The van der Waals surface area contributed by atoms with Crippen molar-refractivity contribution in [3.63, 3.8) is 0 Å². The van der Waals surface area contributed by atoms with Crippen molar-refractivity contribution in [3.8, 4) is 45.3 Å². The standard InChI is InChI=1S/C28H28N2.C10H6Br2N2.2C4H10O.BF4.Cu/c1-17-13-19(3)27(20(4)14-17)25-11-7-9-23(29-25)24-10-8-12-26(30-24)28-21(5)15-18(2)16-22(28)6;11-9-5-1-3-7(13-9)8-4-2-6-10(12)14-8;2*1-3-5-4-2;2-1(3,4)5;/h7-16H,1-6H3;1-6H;2*3-4H2,1-2H3;;/q;;;;-1;+1. The number of benzene rings is 2. The predicted molar refractivity (Wildman–Crippen MR) is 244 cm³/mol. The smallest absolute Gasteiger partial charge is 0.418 e. The zero-order valence-electron chi connectivity index (χ0n) is 35.8. The van der Waals surface area contributed by atoms with Crippen LogP contribution < -0.4 is 0 Å². The van der Waals surface area contributed by atoms with E-state index in [2.05, 4.69) is 132 Å². The van der Waals surface area contributed by atoms with Gasteiger partial charge in [-0.05, 0) is 172 Å². The zero-order valence-corrected chi connectivity index (χ0v) is 39.9. The molecule has 14 heteroatoms. The van der Waals surface area contributed by atoms with Crippen LogP contribution in [-0.2, 0) is 26.5 Å². The average Bonchev–Trinajstić information content (AvgIpc) is 3.15. The van der Waals surface area contributed by atoms with Crippen LogP contribution in [0.2, 0.25) is 0 Å². The summed E-state index contributed by atoms with van der Waals surface area (Å²) in [7, 11) is -6.00. The average molecular weight is 1010 g/mol. The molecular weight excluding hydrogens is 951 g/mol. The molecule has 0 aliphatic carbocycles. The molecule has 0 atom stereocenters. The van der Waals surface area contributed by atoms with Crippen LogP contribution >= 0.6 is 31.9 Å². The summed E-state index contributed by atoms with van der Waals surface area (Å²) in [6.45, 7) is 24.2. The summed E-state index contributed by atoms with van der Waals surface area (Å²) in [5.41, 5.74) is 15.5. The van der Waals surface area contributed by atoms with Gasteiger partial charge in [0, 0.05) is 37.6 Å². The van der Waals surface area contributed by atoms with Crippen LogP contribution in [0, 0.1) is 41.5 Å². The molecule has 0 radical (unpaired) electrons. The van der Waals surface area contributed by atoms with Crippen LogP contribution in [0.4, 0.5) is 17.3 Å². The molecule has 0 aliphatic heterocycles. The molecule has 4 aromatic heterocycles. The fraction of sp³-hybridized carbons (Fsp3) is 0.304. The first-order valence-electron chi connectivity index (χ1n) is 19.3. The molecule has 0 unspecified atom stereocenters. The van der Waals surface area contributed by atoms with Crippen molar-refractivity contribution in [1.29, 1.82) is 0 Å². The summed E-state index contributed by atoms with van der Waals surface area (Å²) in [4.78, 5) is 18.6. The second-order valence-corrected chi connectivity index (χ2v) is 14.7. The van der Waals surface area contributed by atoms with E-state index >= 15 is 0 Å². The van der Waals surface area contributed by atoms with Gasteiger partial charge in [0.2, 0.25) is 0 Å². The van der Waals surface area contributed by atoms with E-state index in [1.54, 1.807) is 0 Å². The molecule has 0 fully saturated rings. The number of rotatable bonds is 8. The van der Waals surface area contributed by atoms with Gasteiger partial charge in [-0.25, -0.2) is 19.9 Å². The van der Waals surface area contributed by atoms with E-state index < -0.39 is 7.25 Å². The van der Waals surface area contributed by atoms with Crippen molar-refractivity contribution in [2.24, 2.45) is 0 Å². The SMILES string of the molecule is Brc1cccc(-c2cccc(Br)n2)n1.CCOCC.CCOCC.Cc1cc(C)c(-c2cccc(-c3cccc(-c4c(C)cc(C)cc4C)n3)n2)c(C)c1.F[B-](F)(F)F.[Cu+]. The molecule has 6 aromatic rings. The maximum absolute atomic E-state index is 9.75. The molecule has 0 N–H and O–H groups in total. The summed E-state index contributed by atoms with van der Waals surface area (Å²) < 4.78 is 50.3. The van der Waals surface area contributed by atoms with Crippen LogP contribution in [0.25, 0.3) is 45.3 Å². The van der Waals surface area contributed by atoms with E-state index in [1.807, 2.05) is 76.2 Å². The first-order valence-corrected chi connectivity index (χ1v) is 20.9. The quantitative estimate of drug-likeness (QED) is 0.0860. The van der Waals surface area contributed by atoms with Crippen molar-refractivity contribution in [3.05, 3.63) is 140 Å². The summed E-state index contributed by atoms with van der Waals surface area (Å²) in [5.74, 6) is 0. The van der Waals surface area contributed by atoms with Crippen LogP contribution in [-0.4, -0.2) is 53.6 Å². The van der Waals surface area contributed by atoms with Crippen molar-refractivity contribution in [1.82, 2.24) is 19.9 Å². The number of aryl methyl sites for hydroxylation is 6. The van der Waals surface area contributed by atoms with E-state index in [4.69, 9.17) is 19.4 Å². The Morgan fingerprint density at radius 2 is 0.667 bits per heavy atom. The molecule has 0 bridgehead atoms. The molecule has 0 spiro atoms. The molecule has 2 aromatic carbocycles. The molecular formula is C46H54BBr2CuF4N4O2. The monoisotopic (exact) mass is 1000 g/mol. The molecule has 6 nitrogen and oxygen atoms in total. The van der Waals surface area contributed by atoms with E-state index in [1.165, 1.54) is 44.5 Å². The van der Waals surface area contributed by atoms with Gasteiger partial charge in [-0.1, -0.05) is 59.7 Å². The fourth-order valence-electron chi connectivity index (χ4n) is 6.11. The molecule has 0 saturated heterocycles. The van der Waals surface area contributed by atoms with Crippen molar-refractivity contribution < 1.29 is 43.8 Å². The molecule has 0 aliphatic rings. The molecule has 4 heterocycles. The molecule has 0 saturated carbocycles. The van der Waals surface area contributed by atoms with Gasteiger partial charge in [-0.3, -0.25) is 0 Å². The van der Waals surface area contributed by atoms with Crippen LogP contribution in [0.3, 0.4) is 0 Å². The zero-order chi connectivity index (χ0) is 44.1. The maximum atomic E-state index is 9.75. The minimum absolute atomic E-state index is 0. The Balaban J connectivity index is 0.000000493. The first-order chi connectivity index (χ1) is 27.9. The number of aromatic nitrogens is 4. The van der Waals surface area contributed by atoms with E-state index in [0.29, 0.717) is 0 Å². The molecule has 0 amide bonds. The first kappa shape index (κ1) is 54.2. The van der Waals surface area contributed by atoms with Gasteiger partial charge in [0.1, 0.15) is 9.21 Å². The van der Waals surface area contributed by atoms with Crippen LogP contribution in [0.1, 0.15) is 61.1 Å². The number of hydrogen-bond acceptors (Lipinski definition) is 6. The number of ether oxygens (including phenoxy) is 2. The molecule has 6 rings (SSSR count). The van der Waals surface area contributed by atoms with E-state index in [9.17, 15) is 17.3 Å². The van der Waals surface area contributed by atoms with Crippen molar-refractivity contribution in [2.45, 2.75) is 69.2 Å². The molecule has 60 heavy (non-hydrogen) atoms. The Hall–Kier alpha value is -3.78. The normalized spacial score (nSPS) is 10.3. The maximum Gasteiger partial charge on any atom is 1.00 e. The third-order valence-corrected chi connectivity index (χ3v) is 9.02. The summed E-state index contributed by atoms with van der Waals surface area (Å²) in [5, 5.41) is 0.